The van der Waals surface area contributed by atoms with Crippen LogP contribution in [0, 0.1) is 20.6 Å². The lowest BCUT2D eigenvalue weighted by molar-refractivity contribution is -0.384. The molecule has 1 N–H and O–H groups in total. The Hall–Kier alpha value is -2.42. The minimum absolute atomic E-state index is 0.0187. The Bertz CT molecular complexity index is 1030. The lowest BCUT2D eigenvalue weighted by atomic mass is 9.99. The molecule has 3 rings (SSSR count). The van der Waals surface area contributed by atoms with Crippen molar-refractivity contribution in [2.24, 2.45) is 0 Å². The van der Waals surface area contributed by atoms with Gasteiger partial charge in [0.1, 0.15) is 11.3 Å². The number of aryl methyl sites for hydroxylation is 1. The molecule has 0 radical (unpaired) electrons. The van der Waals surface area contributed by atoms with Gasteiger partial charge in [-0.2, -0.15) is 0 Å². The summed E-state index contributed by atoms with van der Waals surface area (Å²) in [6, 6.07) is 9.35. The van der Waals surface area contributed by atoms with Crippen molar-refractivity contribution in [2.45, 2.75) is 13.3 Å². The third-order valence-corrected chi connectivity index (χ3v) is 4.72. The molecular weight excluding hydrogens is 425 g/mol. The number of hydrogen-bond acceptors (Lipinski definition) is 5. The van der Waals surface area contributed by atoms with E-state index in [2.05, 4.69) is 0 Å². The van der Waals surface area contributed by atoms with Crippen molar-refractivity contribution in [3.05, 3.63) is 77.2 Å². The molecule has 0 spiro atoms. The first kappa shape index (κ1) is 16.4. The van der Waals surface area contributed by atoms with Gasteiger partial charge in [0.15, 0.2) is 0 Å². The summed E-state index contributed by atoms with van der Waals surface area (Å²) in [5.74, 6) is 0.0529. The maximum atomic E-state index is 12.3. The molecule has 0 aliphatic rings. The number of non-ortho nitro benzene ring substituents is 1. The molecule has 0 saturated heterocycles. The SMILES string of the molecule is Cc1c(Cc2cccc([N+](=O)[O-])c2)c(=O)oc2cc(O)c(I)cc12. The predicted octanol–water partition coefficient (Wildman–Crippen LogP) is 3.91. The van der Waals surface area contributed by atoms with E-state index in [0.29, 0.717) is 20.3 Å². The van der Waals surface area contributed by atoms with Gasteiger partial charge >= 0.3 is 5.63 Å². The number of phenolic OH excluding ortho intramolecular Hbond substituents is 1. The van der Waals surface area contributed by atoms with Gasteiger partial charge in [0.05, 0.1) is 8.49 Å². The molecule has 6 nitrogen and oxygen atoms in total. The fraction of sp³-hybridized carbons (Fsp3) is 0.118. The Labute approximate surface area is 150 Å². The summed E-state index contributed by atoms with van der Waals surface area (Å²) in [4.78, 5) is 22.7. The summed E-state index contributed by atoms with van der Waals surface area (Å²) < 4.78 is 5.96. The number of hydrogen-bond donors (Lipinski definition) is 1. The summed E-state index contributed by atoms with van der Waals surface area (Å²) in [7, 11) is 0. The van der Waals surface area contributed by atoms with Gasteiger partial charge < -0.3 is 9.52 Å². The molecule has 0 saturated carbocycles. The molecular formula is C17H12INO5. The molecule has 3 aromatic rings. The highest BCUT2D eigenvalue weighted by molar-refractivity contribution is 14.1. The van der Waals surface area contributed by atoms with E-state index in [-0.39, 0.29) is 17.9 Å². The second kappa shape index (κ2) is 6.23. The number of rotatable bonds is 3. The topological polar surface area (TPSA) is 93.6 Å². The van der Waals surface area contributed by atoms with Crippen molar-refractivity contribution in [3.8, 4) is 5.75 Å². The minimum Gasteiger partial charge on any atom is -0.507 e. The van der Waals surface area contributed by atoms with E-state index < -0.39 is 10.5 Å². The largest absolute Gasteiger partial charge is 0.507 e. The van der Waals surface area contributed by atoms with Crippen LogP contribution in [-0.2, 0) is 6.42 Å². The maximum absolute atomic E-state index is 12.3. The molecule has 0 fully saturated rings. The van der Waals surface area contributed by atoms with Crippen LogP contribution in [0.3, 0.4) is 0 Å². The van der Waals surface area contributed by atoms with E-state index >= 15 is 0 Å². The Morgan fingerprint density at radius 2 is 2.04 bits per heavy atom. The number of halogens is 1. The first-order chi connectivity index (χ1) is 11.4. The Balaban J connectivity index is 2.13. The smallest absolute Gasteiger partial charge is 0.340 e. The van der Waals surface area contributed by atoms with Gasteiger partial charge in [0.2, 0.25) is 0 Å². The molecule has 7 heteroatoms. The Morgan fingerprint density at radius 1 is 1.29 bits per heavy atom. The van der Waals surface area contributed by atoms with Crippen molar-refractivity contribution in [3.63, 3.8) is 0 Å². The van der Waals surface area contributed by atoms with Gasteiger partial charge in [-0.3, -0.25) is 10.1 Å². The van der Waals surface area contributed by atoms with Crippen LogP contribution in [0.2, 0.25) is 0 Å². The summed E-state index contributed by atoms with van der Waals surface area (Å²) in [5.41, 5.74) is 1.64. The summed E-state index contributed by atoms with van der Waals surface area (Å²) >= 11 is 2.00. The lowest BCUT2D eigenvalue weighted by Gasteiger charge is -2.09. The molecule has 1 heterocycles. The second-order valence-electron chi connectivity index (χ2n) is 5.40. The minimum atomic E-state index is -0.507. The number of phenols is 1. The molecule has 122 valence electrons. The van der Waals surface area contributed by atoms with Crippen molar-refractivity contribution >= 4 is 39.2 Å². The average Bonchev–Trinajstić information content (AvgIpc) is 2.54. The fourth-order valence-electron chi connectivity index (χ4n) is 2.59. The highest BCUT2D eigenvalue weighted by Crippen LogP contribution is 2.29. The van der Waals surface area contributed by atoms with Gasteiger partial charge in [-0.1, -0.05) is 12.1 Å². The molecule has 24 heavy (non-hydrogen) atoms. The van der Waals surface area contributed by atoms with E-state index in [4.69, 9.17) is 4.42 Å². The van der Waals surface area contributed by atoms with Crippen LogP contribution in [0.4, 0.5) is 5.69 Å². The summed E-state index contributed by atoms with van der Waals surface area (Å²) in [5, 5.41) is 21.4. The van der Waals surface area contributed by atoms with Crippen LogP contribution in [0.15, 0.2) is 45.6 Å². The van der Waals surface area contributed by atoms with Crippen molar-refractivity contribution in [1.82, 2.24) is 0 Å². The van der Waals surface area contributed by atoms with Crippen molar-refractivity contribution < 1.29 is 14.4 Å². The van der Waals surface area contributed by atoms with Gasteiger partial charge in [-0.25, -0.2) is 4.79 Å². The highest BCUT2D eigenvalue weighted by atomic mass is 127. The zero-order valence-electron chi connectivity index (χ0n) is 12.6. The molecule has 0 aliphatic carbocycles. The summed E-state index contributed by atoms with van der Waals surface area (Å²) in [6.07, 6.45) is 0.239. The standard InChI is InChI=1S/C17H12INO5/c1-9-12-7-14(18)15(20)8-16(12)24-17(21)13(9)6-10-3-2-4-11(5-10)19(22)23/h2-5,7-8,20H,6H2,1H3. The van der Waals surface area contributed by atoms with Crippen molar-refractivity contribution in [2.75, 3.05) is 0 Å². The van der Waals surface area contributed by atoms with Crippen LogP contribution in [0.25, 0.3) is 11.0 Å². The van der Waals surface area contributed by atoms with Gasteiger partial charge in [-0.05, 0) is 46.7 Å². The van der Waals surface area contributed by atoms with Crippen molar-refractivity contribution in [1.29, 1.82) is 0 Å². The first-order valence-electron chi connectivity index (χ1n) is 7.05. The Morgan fingerprint density at radius 3 is 2.75 bits per heavy atom. The number of nitro benzene ring substituents is 1. The average molecular weight is 437 g/mol. The molecule has 1 aromatic heterocycles. The number of nitro groups is 1. The van der Waals surface area contributed by atoms with E-state index in [9.17, 15) is 20.0 Å². The quantitative estimate of drug-likeness (QED) is 0.290. The highest BCUT2D eigenvalue weighted by Gasteiger charge is 2.15. The van der Waals surface area contributed by atoms with Crippen LogP contribution in [0.1, 0.15) is 16.7 Å². The maximum Gasteiger partial charge on any atom is 0.340 e. The number of nitrogens with zero attached hydrogens (tertiary/aromatic N) is 1. The fourth-order valence-corrected chi connectivity index (χ4v) is 3.05. The number of fused-ring (bicyclic) bond motifs is 1. The monoisotopic (exact) mass is 437 g/mol. The molecule has 0 unspecified atom stereocenters. The molecule has 0 bridgehead atoms. The zero-order chi connectivity index (χ0) is 17.4. The second-order valence-corrected chi connectivity index (χ2v) is 6.56. The van der Waals surface area contributed by atoms with Crippen LogP contribution < -0.4 is 5.63 Å². The predicted molar refractivity (Wildman–Crippen MR) is 97.5 cm³/mol. The van der Waals surface area contributed by atoms with E-state index in [1.807, 2.05) is 22.6 Å². The van der Waals surface area contributed by atoms with E-state index in [1.54, 1.807) is 25.1 Å². The summed E-state index contributed by atoms with van der Waals surface area (Å²) in [6.45, 7) is 1.80. The third-order valence-electron chi connectivity index (χ3n) is 3.86. The first-order valence-corrected chi connectivity index (χ1v) is 8.13. The molecule has 0 aliphatic heterocycles. The lowest BCUT2D eigenvalue weighted by Crippen LogP contribution is -2.11. The van der Waals surface area contributed by atoms with Gasteiger partial charge in [0, 0.05) is 35.6 Å². The van der Waals surface area contributed by atoms with Gasteiger partial charge in [0.25, 0.3) is 5.69 Å². The number of benzene rings is 2. The zero-order valence-corrected chi connectivity index (χ0v) is 14.7. The normalized spacial score (nSPS) is 10.9. The van der Waals surface area contributed by atoms with Gasteiger partial charge in [-0.15, -0.1) is 0 Å². The van der Waals surface area contributed by atoms with Crippen LogP contribution in [-0.4, -0.2) is 10.0 Å². The number of aromatic hydroxyl groups is 1. The molecule has 0 amide bonds. The third kappa shape index (κ3) is 2.99. The molecule has 0 atom stereocenters. The van der Waals surface area contributed by atoms with E-state index in [1.165, 1.54) is 18.2 Å². The Kier molecular flexibility index (Phi) is 4.27. The van der Waals surface area contributed by atoms with Crippen LogP contribution in [0.5, 0.6) is 5.75 Å². The molecule has 2 aromatic carbocycles. The van der Waals surface area contributed by atoms with E-state index in [0.717, 1.165) is 10.9 Å². The van der Waals surface area contributed by atoms with Crippen LogP contribution >= 0.6 is 22.6 Å².